The Morgan fingerprint density at radius 3 is 2.95 bits per heavy atom. The highest BCUT2D eigenvalue weighted by molar-refractivity contribution is 7.99. The highest BCUT2D eigenvalue weighted by atomic mass is 32.2. The first kappa shape index (κ1) is 11.7. The van der Waals surface area contributed by atoms with Crippen LogP contribution in [0.4, 0.5) is 11.4 Å². The number of amides is 1. The lowest BCUT2D eigenvalue weighted by molar-refractivity contribution is -0.110. The first-order chi connectivity index (χ1) is 9.83. The molecule has 1 aromatic carbocycles. The third-order valence-electron chi connectivity index (χ3n) is 3.51. The molecule has 0 atom stereocenters. The Balaban J connectivity index is 1.91. The summed E-state index contributed by atoms with van der Waals surface area (Å²) in [4.78, 5) is 16.5. The van der Waals surface area contributed by atoms with Crippen molar-refractivity contribution in [3.63, 3.8) is 0 Å². The fourth-order valence-electron chi connectivity index (χ4n) is 2.61. The number of aromatic nitrogens is 1. The summed E-state index contributed by atoms with van der Waals surface area (Å²) in [6, 6.07) is 7.90. The molecule has 1 amide bonds. The Morgan fingerprint density at radius 2 is 2.10 bits per heavy atom. The minimum Gasteiger partial charge on any atom is -0.383 e. The fraction of sp³-hybridized carbons (Fsp3) is 0.133. The molecule has 0 spiro atoms. The molecule has 2 aliphatic rings. The quantitative estimate of drug-likeness (QED) is 0.705. The molecule has 3 heterocycles. The topological polar surface area (TPSA) is 56.9 Å². The van der Waals surface area contributed by atoms with Gasteiger partial charge in [0.2, 0.25) is 0 Å². The van der Waals surface area contributed by atoms with Gasteiger partial charge in [-0.05, 0) is 30.3 Å². The van der Waals surface area contributed by atoms with E-state index in [-0.39, 0.29) is 5.91 Å². The van der Waals surface area contributed by atoms with Crippen LogP contribution in [0.2, 0.25) is 0 Å². The number of rotatable bonds is 1. The van der Waals surface area contributed by atoms with E-state index in [1.165, 1.54) is 4.90 Å². The van der Waals surface area contributed by atoms with Crippen LogP contribution in [0.15, 0.2) is 35.4 Å². The highest BCUT2D eigenvalue weighted by Gasteiger charge is 2.29. The zero-order valence-corrected chi connectivity index (χ0v) is 11.5. The van der Waals surface area contributed by atoms with Gasteiger partial charge in [0.05, 0.1) is 11.3 Å². The van der Waals surface area contributed by atoms with Crippen molar-refractivity contribution >= 4 is 40.7 Å². The van der Waals surface area contributed by atoms with E-state index < -0.39 is 0 Å². The molecule has 20 heavy (non-hydrogen) atoms. The van der Waals surface area contributed by atoms with Crippen molar-refractivity contribution in [1.29, 1.82) is 0 Å². The largest absolute Gasteiger partial charge is 0.383 e. The van der Waals surface area contributed by atoms with E-state index in [2.05, 4.69) is 15.6 Å². The summed E-state index contributed by atoms with van der Waals surface area (Å²) in [5, 5.41) is 6.34. The molecule has 4 rings (SSSR count). The number of carbonyl (C=O) groups excluding carboxylic acids is 1. The summed E-state index contributed by atoms with van der Waals surface area (Å²) < 4.78 is 0. The standard InChI is InChI=1S/C15H13N3OS/c19-15-10(8-9-2-1-5-16-9)13-11(18-15)3-4-12-14(13)20-7-6-17-12/h1-5,8,16-17H,6-7H2,(H,18,19)/b10-8-. The summed E-state index contributed by atoms with van der Waals surface area (Å²) in [5.74, 6) is 0.988. The zero-order chi connectivity index (χ0) is 13.5. The van der Waals surface area contributed by atoms with Gasteiger partial charge in [0, 0.05) is 40.3 Å². The Labute approximate surface area is 120 Å². The van der Waals surface area contributed by atoms with Crippen LogP contribution in [0.25, 0.3) is 11.6 Å². The van der Waals surface area contributed by atoms with Gasteiger partial charge >= 0.3 is 0 Å². The second-order valence-corrected chi connectivity index (χ2v) is 5.88. The Morgan fingerprint density at radius 1 is 1.20 bits per heavy atom. The van der Waals surface area contributed by atoms with Crippen molar-refractivity contribution < 1.29 is 4.79 Å². The van der Waals surface area contributed by atoms with Crippen LogP contribution in [0.3, 0.4) is 0 Å². The highest BCUT2D eigenvalue weighted by Crippen LogP contribution is 2.45. The average Bonchev–Trinajstić information content (AvgIpc) is 3.08. The van der Waals surface area contributed by atoms with Gasteiger partial charge in [-0.25, -0.2) is 0 Å². The molecule has 2 aliphatic heterocycles. The van der Waals surface area contributed by atoms with E-state index in [9.17, 15) is 4.79 Å². The van der Waals surface area contributed by atoms with Crippen molar-refractivity contribution in [3.05, 3.63) is 41.7 Å². The molecule has 0 saturated carbocycles. The summed E-state index contributed by atoms with van der Waals surface area (Å²) in [6.45, 7) is 0.966. The van der Waals surface area contributed by atoms with Crippen molar-refractivity contribution in [2.75, 3.05) is 22.9 Å². The van der Waals surface area contributed by atoms with Crippen LogP contribution in [0.5, 0.6) is 0 Å². The van der Waals surface area contributed by atoms with E-state index in [0.29, 0.717) is 0 Å². The molecule has 2 aromatic rings. The molecule has 0 aliphatic carbocycles. The average molecular weight is 283 g/mol. The van der Waals surface area contributed by atoms with Gasteiger partial charge in [-0.15, -0.1) is 11.8 Å². The Hall–Kier alpha value is -2.14. The maximum absolute atomic E-state index is 12.2. The summed E-state index contributed by atoms with van der Waals surface area (Å²) in [5.41, 5.74) is 4.72. The normalized spacial score (nSPS) is 18.4. The van der Waals surface area contributed by atoms with Crippen molar-refractivity contribution in [3.8, 4) is 0 Å². The predicted molar refractivity (Wildman–Crippen MR) is 82.9 cm³/mol. The van der Waals surface area contributed by atoms with Crippen LogP contribution in [-0.2, 0) is 4.79 Å². The van der Waals surface area contributed by atoms with Crippen LogP contribution in [-0.4, -0.2) is 23.2 Å². The van der Waals surface area contributed by atoms with E-state index in [4.69, 9.17) is 0 Å². The van der Waals surface area contributed by atoms with Crippen LogP contribution < -0.4 is 10.6 Å². The van der Waals surface area contributed by atoms with Gasteiger partial charge in [-0.3, -0.25) is 4.79 Å². The molecule has 5 heteroatoms. The van der Waals surface area contributed by atoms with Gasteiger partial charge < -0.3 is 15.6 Å². The molecule has 4 nitrogen and oxygen atoms in total. The van der Waals surface area contributed by atoms with Crippen molar-refractivity contribution in [2.24, 2.45) is 0 Å². The summed E-state index contributed by atoms with van der Waals surface area (Å²) in [6.07, 6.45) is 3.77. The SMILES string of the molecule is O=C1Nc2ccc3c(c2/C1=C/c1ccc[nH]1)SCCN3. The van der Waals surface area contributed by atoms with E-state index in [1.54, 1.807) is 11.8 Å². The predicted octanol–water partition coefficient (Wildman–Crippen LogP) is 3.03. The second kappa shape index (κ2) is 4.45. The van der Waals surface area contributed by atoms with Gasteiger partial charge in [-0.1, -0.05) is 0 Å². The lowest BCUT2D eigenvalue weighted by atomic mass is 10.0. The van der Waals surface area contributed by atoms with Crippen LogP contribution in [0.1, 0.15) is 11.3 Å². The van der Waals surface area contributed by atoms with Crippen molar-refractivity contribution in [1.82, 2.24) is 4.98 Å². The number of thioether (sulfide) groups is 1. The van der Waals surface area contributed by atoms with Crippen LogP contribution >= 0.6 is 11.8 Å². The minimum atomic E-state index is -0.0332. The maximum atomic E-state index is 12.2. The number of carbonyl (C=O) groups is 1. The first-order valence-electron chi connectivity index (χ1n) is 6.53. The lowest BCUT2D eigenvalue weighted by Gasteiger charge is -2.20. The van der Waals surface area contributed by atoms with E-state index >= 15 is 0 Å². The Bertz CT molecular complexity index is 719. The minimum absolute atomic E-state index is 0.0332. The van der Waals surface area contributed by atoms with Gasteiger partial charge in [-0.2, -0.15) is 0 Å². The molecule has 0 radical (unpaired) electrons. The summed E-state index contributed by atoms with van der Waals surface area (Å²) >= 11 is 1.81. The Kier molecular flexibility index (Phi) is 2.60. The molecule has 0 bridgehead atoms. The number of aromatic amines is 1. The smallest absolute Gasteiger partial charge is 0.256 e. The molecule has 3 N–H and O–H groups in total. The van der Waals surface area contributed by atoms with Gasteiger partial charge in [0.1, 0.15) is 0 Å². The zero-order valence-electron chi connectivity index (χ0n) is 10.7. The lowest BCUT2D eigenvalue weighted by Crippen LogP contribution is -2.11. The third-order valence-corrected chi connectivity index (χ3v) is 4.63. The van der Waals surface area contributed by atoms with Crippen LogP contribution in [0, 0.1) is 0 Å². The van der Waals surface area contributed by atoms with Gasteiger partial charge in [0.15, 0.2) is 0 Å². The monoisotopic (exact) mass is 283 g/mol. The number of hydrogen-bond acceptors (Lipinski definition) is 3. The molecule has 1 aromatic heterocycles. The molecule has 0 saturated heterocycles. The third kappa shape index (κ3) is 1.74. The fourth-order valence-corrected chi connectivity index (χ4v) is 3.68. The number of hydrogen-bond donors (Lipinski definition) is 3. The molecule has 100 valence electrons. The number of anilines is 2. The van der Waals surface area contributed by atoms with Crippen molar-refractivity contribution in [2.45, 2.75) is 4.90 Å². The molecule has 0 unspecified atom stereocenters. The van der Waals surface area contributed by atoms with E-state index in [0.717, 1.165) is 40.5 Å². The molecular formula is C15H13N3OS. The molecule has 0 fully saturated rings. The number of benzene rings is 1. The first-order valence-corrected chi connectivity index (χ1v) is 7.52. The second-order valence-electron chi connectivity index (χ2n) is 4.78. The summed E-state index contributed by atoms with van der Waals surface area (Å²) in [7, 11) is 0. The number of fused-ring (bicyclic) bond motifs is 3. The maximum Gasteiger partial charge on any atom is 0.256 e. The van der Waals surface area contributed by atoms with Gasteiger partial charge in [0.25, 0.3) is 5.91 Å². The van der Waals surface area contributed by atoms with E-state index in [1.807, 2.05) is 36.5 Å². The number of nitrogens with one attached hydrogen (secondary N) is 3. The number of H-pyrrole nitrogens is 1. The molecular weight excluding hydrogens is 270 g/mol.